The highest BCUT2D eigenvalue weighted by Gasteiger charge is 2.39. The molecule has 0 radical (unpaired) electrons. The van der Waals surface area contributed by atoms with Crippen LogP contribution < -0.4 is 16.0 Å². The highest BCUT2D eigenvalue weighted by molar-refractivity contribution is 8.14. The first-order valence-electron chi connectivity index (χ1n) is 18.9. The van der Waals surface area contributed by atoms with Crippen molar-refractivity contribution in [1.82, 2.24) is 20.9 Å². The van der Waals surface area contributed by atoms with Crippen LogP contribution in [0, 0.1) is 23.7 Å². The summed E-state index contributed by atoms with van der Waals surface area (Å²) in [6, 6.07) is 7.18. The summed E-state index contributed by atoms with van der Waals surface area (Å²) in [5.74, 6) is -2.99. The Kier molecular flexibility index (Phi) is 16.4. The van der Waals surface area contributed by atoms with Crippen LogP contribution in [-0.4, -0.2) is 81.7 Å². The van der Waals surface area contributed by atoms with Gasteiger partial charge in [-0.2, -0.15) is 0 Å². The predicted molar refractivity (Wildman–Crippen MR) is 207 cm³/mol. The van der Waals surface area contributed by atoms with E-state index in [2.05, 4.69) is 27.9 Å². The minimum atomic E-state index is -0.918. The van der Waals surface area contributed by atoms with Crippen LogP contribution >= 0.6 is 11.8 Å². The Morgan fingerprint density at radius 3 is 2.25 bits per heavy atom. The average Bonchev–Trinajstić information content (AvgIpc) is 3.56. The van der Waals surface area contributed by atoms with Crippen LogP contribution in [0.1, 0.15) is 100.0 Å². The number of likely N-dealkylation sites (tertiary alicyclic amines) is 1. The quantitative estimate of drug-likeness (QED) is 0.161. The lowest BCUT2D eigenvalue weighted by Crippen LogP contribution is -2.58. The van der Waals surface area contributed by atoms with Gasteiger partial charge in [-0.25, -0.2) is 0 Å². The standard InChI is InChI=1S/C40H61N5O6S/c1-10-31(34(46)44-39-41-21-20-27(6)52-39)42-36(48)33(26(4)5)43-35(47)32-17-14-22-45(32)37(49)29(24-28-15-12-11-13-16-28)18-19-30(23-25(2)3)38(50)51-40(7,8)9/h11-13,15-16,18-19,25-27,29-33H,10,14,17,20-24H2,1-9H3,(H,42,48)(H,43,47)(H,41,44,46)/b19-18+/t27?,29-,30-,31+,32+,33+/m1/s1. The summed E-state index contributed by atoms with van der Waals surface area (Å²) in [6.45, 7) is 18.2. The fourth-order valence-electron chi connectivity index (χ4n) is 6.32. The molecule has 11 nitrogen and oxygen atoms in total. The molecule has 12 heteroatoms. The van der Waals surface area contributed by atoms with Gasteiger partial charge in [-0.3, -0.25) is 29.0 Å². The number of hydrogen-bond acceptors (Lipinski definition) is 8. The molecule has 0 bridgehead atoms. The fraction of sp³-hybridized carbons (Fsp3) is 0.650. The lowest BCUT2D eigenvalue weighted by atomic mass is 9.92. The van der Waals surface area contributed by atoms with Crippen LogP contribution in [-0.2, 0) is 35.1 Å². The summed E-state index contributed by atoms with van der Waals surface area (Å²) in [5.41, 5.74) is 0.310. The number of ether oxygens (including phenoxy) is 1. The number of benzene rings is 1. The van der Waals surface area contributed by atoms with Crippen molar-refractivity contribution in [3.05, 3.63) is 48.0 Å². The van der Waals surface area contributed by atoms with Crippen LogP contribution in [0.5, 0.6) is 0 Å². The van der Waals surface area contributed by atoms with Gasteiger partial charge in [-0.15, -0.1) is 0 Å². The van der Waals surface area contributed by atoms with Crippen molar-refractivity contribution >= 4 is 46.5 Å². The smallest absolute Gasteiger partial charge is 0.313 e. The number of amidine groups is 1. The maximum atomic E-state index is 14.3. The van der Waals surface area contributed by atoms with Crippen molar-refractivity contribution in [2.45, 2.75) is 130 Å². The number of nitrogens with one attached hydrogen (secondary N) is 3. The maximum absolute atomic E-state index is 14.3. The molecule has 288 valence electrons. The molecule has 52 heavy (non-hydrogen) atoms. The van der Waals surface area contributed by atoms with E-state index in [-0.39, 0.29) is 29.6 Å². The van der Waals surface area contributed by atoms with E-state index in [9.17, 15) is 24.0 Å². The molecule has 2 aliphatic rings. The van der Waals surface area contributed by atoms with Gasteiger partial charge in [0.25, 0.3) is 0 Å². The van der Waals surface area contributed by atoms with Gasteiger partial charge in [0.15, 0.2) is 5.17 Å². The van der Waals surface area contributed by atoms with Gasteiger partial charge in [0, 0.05) is 18.3 Å². The van der Waals surface area contributed by atoms with Crippen LogP contribution in [0.2, 0.25) is 0 Å². The molecule has 2 aliphatic heterocycles. The topological polar surface area (TPSA) is 146 Å². The monoisotopic (exact) mass is 739 g/mol. The van der Waals surface area contributed by atoms with E-state index in [0.717, 1.165) is 12.0 Å². The third kappa shape index (κ3) is 13.4. The molecule has 2 heterocycles. The summed E-state index contributed by atoms with van der Waals surface area (Å²) < 4.78 is 5.72. The molecule has 3 rings (SSSR count). The molecule has 3 N–H and O–H groups in total. The number of hydrogen-bond donors (Lipinski definition) is 3. The Bertz CT molecular complexity index is 1440. The predicted octanol–water partition coefficient (Wildman–Crippen LogP) is 5.43. The van der Waals surface area contributed by atoms with E-state index in [1.165, 1.54) is 11.8 Å². The van der Waals surface area contributed by atoms with Crippen molar-refractivity contribution in [2.75, 3.05) is 13.1 Å². The Balaban J connectivity index is 1.78. The normalized spacial score (nSPS) is 20.2. The molecule has 0 aromatic heterocycles. The summed E-state index contributed by atoms with van der Waals surface area (Å²) in [6.07, 6.45) is 6.95. The molecule has 1 unspecified atom stereocenters. The van der Waals surface area contributed by atoms with E-state index >= 15 is 0 Å². The highest BCUT2D eigenvalue weighted by atomic mass is 32.2. The van der Waals surface area contributed by atoms with Gasteiger partial charge in [0.2, 0.25) is 23.6 Å². The number of esters is 1. The molecule has 6 atom stereocenters. The third-order valence-corrected chi connectivity index (χ3v) is 10.2. The second-order valence-corrected chi connectivity index (χ2v) is 17.2. The van der Waals surface area contributed by atoms with E-state index in [1.807, 2.05) is 85.7 Å². The molecule has 1 aromatic carbocycles. The van der Waals surface area contributed by atoms with Crippen LogP contribution in [0.3, 0.4) is 0 Å². The first-order valence-corrected chi connectivity index (χ1v) is 19.7. The van der Waals surface area contributed by atoms with Crippen molar-refractivity contribution in [2.24, 2.45) is 28.7 Å². The molecule has 1 saturated heterocycles. The number of thioether (sulfide) groups is 1. The van der Waals surface area contributed by atoms with E-state index in [1.54, 1.807) is 17.1 Å². The zero-order valence-corrected chi connectivity index (χ0v) is 33.4. The fourth-order valence-corrected chi connectivity index (χ4v) is 7.25. The zero-order chi connectivity index (χ0) is 38.6. The molecule has 1 aromatic rings. The van der Waals surface area contributed by atoms with Crippen LogP contribution in [0.25, 0.3) is 0 Å². The second-order valence-electron chi connectivity index (χ2n) is 15.7. The molecule has 1 fully saturated rings. The SMILES string of the molecule is CC[C@H](NC(=O)[C@@H](NC(=O)[C@@H]1CCCN1C(=O)[C@H](/C=C/[C@H](CC(C)C)C(=O)OC(C)(C)C)Cc1ccccc1)C(C)C)C(=O)NC1=NCCC(C)S1. The van der Waals surface area contributed by atoms with Crippen molar-refractivity contribution in [3.8, 4) is 0 Å². The van der Waals surface area contributed by atoms with Crippen LogP contribution in [0.15, 0.2) is 47.5 Å². The Hall–Kier alpha value is -3.67. The van der Waals surface area contributed by atoms with Crippen molar-refractivity contribution in [1.29, 1.82) is 0 Å². The van der Waals surface area contributed by atoms with E-state index in [4.69, 9.17) is 4.74 Å². The minimum absolute atomic E-state index is 0.212. The number of nitrogens with zero attached hydrogens (tertiary/aromatic N) is 2. The molecular formula is C40H61N5O6S. The molecule has 0 spiro atoms. The van der Waals surface area contributed by atoms with Gasteiger partial charge >= 0.3 is 5.97 Å². The highest BCUT2D eigenvalue weighted by Crippen LogP contribution is 2.26. The third-order valence-electron chi connectivity index (χ3n) is 9.09. The molecule has 4 amide bonds. The number of carbonyl (C=O) groups is 5. The molecular weight excluding hydrogens is 679 g/mol. The van der Waals surface area contributed by atoms with Gasteiger partial charge in [-0.1, -0.05) is 95.8 Å². The Labute approximate surface area is 314 Å². The minimum Gasteiger partial charge on any atom is -0.460 e. The number of rotatable bonds is 15. The van der Waals surface area contributed by atoms with E-state index < -0.39 is 47.4 Å². The molecule has 0 saturated carbocycles. The first-order chi connectivity index (χ1) is 24.5. The maximum Gasteiger partial charge on any atom is 0.313 e. The lowest BCUT2D eigenvalue weighted by molar-refractivity contribution is -0.158. The average molecular weight is 740 g/mol. The van der Waals surface area contributed by atoms with E-state index in [0.29, 0.717) is 55.6 Å². The number of amides is 4. The lowest BCUT2D eigenvalue weighted by Gasteiger charge is -2.30. The van der Waals surface area contributed by atoms with Gasteiger partial charge in [0.1, 0.15) is 23.7 Å². The first kappa shape index (κ1) is 42.7. The summed E-state index contributed by atoms with van der Waals surface area (Å²) in [5, 5.41) is 9.48. The second kappa shape index (κ2) is 20.0. The number of carbonyl (C=O) groups excluding carboxylic acids is 5. The summed E-state index contributed by atoms with van der Waals surface area (Å²) >= 11 is 1.50. The Morgan fingerprint density at radius 2 is 1.65 bits per heavy atom. The Morgan fingerprint density at radius 1 is 0.981 bits per heavy atom. The van der Waals surface area contributed by atoms with Gasteiger partial charge in [-0.05, 0) is 76.7 Å². The zero-order valence-electron chi connectivity index (χ0n) is 32.6. The summed E-state index contributed by atoms with van der Waals surface area (Å²) in [4.78, 5) is 74.1. The van der Waals surface area contributed by atoms with Gasteiger partial charge < -0.3 is 25.6 Å². The molecule has 0 aliphatic carbocycles. The summed E-state index contributed by atoms with van der Waals surface area (Å²) in [7, 11) is 0. The van der Waals surface area contributed by atoms with Crippen LogP contribution in [0.4, 0.5) is 0 Å². The van der Waals surface area contributed by atoms with Gasteiger partial charge in [0.05, 0.1) is 11.8 Å². The largest absolute Gasteiger partial charge is 0.460 e. The van der Waals surface area contributed by atoms with Crippen molar-refractivity contribution in [3.63, 3.8) is 0 Å². The number of aliphatic imine (C=N–C) groups is 1. The van der Waals surface area contributed by atoms with Crippen molar-refractivity contribution < 1.29 is 28.7 Å².